The molecule has 0 saturated carbocycles. The van der Waals surface area contributed by atoms with Crippen molar-refractivity contribution in [1.29, 1.82) is 0 Å². The molecule has 4 nitrogen and oxygen atoms in total. The average molecular weight is 391 g/mol. The molecule has 0 aliphatic carbocycles. The van der Waals surface area contributed by atoms with E-state index >= 15 is 0 Å². The number of rotatable bonds is 5. The maximum absolute atomic E-state index is 12.7. The lowest BCUT2D eigenvalue weighted by molar-refractivity contribution is 0.0938. The second-order valence-corrected chi connectivity index (χ2v) is 7.09. The maximum Gasteiger partial charge on any atom is 0.255 e. The Morgan fingerprint density at radius 3 is 2.92 bits per heavy atom. The van der Waals surface area contributed by atoms with Crippen LogP contribution in [0.3, 0.4) is 0 Å². The van der Waals surface area contributed by atoms with Crippen molar-refractivity contribution >= 4 is 32.6 Å². The van der Waals surface area contributed by atoms with Crippen molar-refractivity contribution in [2.75, 3.05) is 26.7 Å². The second-order valence-electron chi connectivity index (χ2n) is 6.18. The lowest BCUT2D eigenvalue weighted by atomic mass is 10.1. The van der Waals surface area contributed by atoms with Crippen LogP contribution in [-0.2, 0) is 0 Å². The molecule has 1 amide bonds. The summed E-state index contributed by atoms with van der Waals surface area (Å²) in [7, 11) is 1.60. The highest BCUT2D eigenvalue weighted by atomic mass is 79.9. The van der Waals surface area contributed by atoms with Crippen molar-refractivity contribution in [2.24, 2.45) is 0 Å². The first-order valence-electron chi connectivity index (χ1n) is 8.42. The highest BCUT2D eigenvalue weighted by Gasteiger charge is 2.24. The molecule has 0 radical (unpaired) electrons. The zero-order chi connectivity index (χ0) is 17.1. The van der Waals surface area contributed by atoms with Crippen LogP contribution in [0.5, 0.6) is 5.75 Å². The number of halogens is 1. The third-order valence-corrected chi connectivity index (χ3v) is 5.26. The van der Waals surface area contributed by atoms with E-state index < -0.39 is 0 Å². The first kappa shape index (κ1) is 17.2. The zero-order valence-corrected chi connectivity index (χ0v) is 15.7. The van der Waals surface area contributed by atoms with Gasteiger partial charge in [-0.2, -0.15) is 0 Å². The number of ether oxygens (including phenoxy) is 1. The van der Waals surface area contributed by atoms with E-state index in [1.165, 1.54) is 6.42 Å². The summed E-state index contributed by atoms with van der Waals surface area (Å²) >= 11 is 3.48. The van der Waals surface area contributed by atoms with E-state index in [0.717, 1.165) is 34.8 Å². The normalized spacial score (nSPS) is 18.0. The van der Waals surface area contributed by atoms with Crippen LogP contribution in [0.2, 0.25) is 0 Å². The predicted molar refractivity (Wildman–Crippen MR) is 101 cm³/mol. The van der Waals surface area contributed by atoms with Gasteiger partial charge < -0.3 is 10.1 Å². The van der Waals surface area contributed by atoms with E-state index in [9.17, 15) is 4.79 Å². The Bertz CT molecular complexity index is 747. The average Bonchev–Trinajstić information content (AvgIpc) is 3.06. The van der Waals surface area contributed by atoms with Crippen molar-refractivity contribution < 1.29 is 9.53 Å². The topological polar surface area (TPSA) is 41.6 Å². The Kier molecular flexibility index (Phi) is 5.41. The number of benzene rings is 2. The van der Waals surface area contributed by atoms with Crippen molar-refractivity contribution in [2.45, 2.75) is 25.8 Å². The largest absolute Gasteiger partial charge is 0.496 e. The minimum atomic E-state index is -0.0725. The molecule has 0 aromatic heterocycles. The van der Waals surface area contributed by atoms with E-state index in [1.807, 2.05) is 30.3 Å². The number of hydrogen-bond donors (Lipinski definition) is 1. The summed E-state index contributed by atoms with van der Waals surface area (Å²) in [6.45, 7) is 5.02. The lowest BCUT2D eigenvalue weighted by Crippen LogP contribution is -2.40. The van der Waals surface area contributed by atoms with Gasteiger partial charge in [-0.3, -0.25) is 9.69 Å². The van der Waals surface area contributed by atoms with Crippen LogP contribution < -0.4 is 10.1 Å². The summed E-state index contributed by atoms with van der Waals surface area (Å²) in [6.07, 6.45) is 2.36. The molecule has 1 aliphatic rings. The van der Waals surface area contributed by atoms with Crippen LogP contribution >= 0.6 is 15.9 Å². The summed E-state index contributed by atoms with van der Waals surface area (Å²) in [4.78, 5) is 15.1. The number of methoxy groups -OCH3 is 1. The molecule has 3 rings (SSSR count). The molecule has 0 bridgehead atoms. The summed E-state index contributed by atoms with van der Waals surface area (Å²) in [5.74, 6) is 0.540. The smallest absolute Gasteiger partial charge is 0.255 e. The Balaban J connectivity index is 1.80. The summed E-state index contributed by atoms with van der Waals surface area (Å²) in [5, 5.41) is 5.16. The van der Waals surface area contributed by atoms with E-state index in [-0.39, 0.29) is 5.91 Å². The SMILES string of the molecule is CCN1CCC[C@H]1CNC(=O)c1cc2cc(Br)ccc2cc1OC. The molecule has 1 N–H and O–H groups in total. The Labute approximate surface area is 151 Å². The fraction of sp³-hybridized carbons (Fsp3) is 0.421. The number of carbonyl (C=O) groups excluding carboxylic acids is 1. The molecule has 2 aromatic rings. The van der Waals surface area contributed by atoms with Gasteiger partial charge in [-0.25, -0.2) is 0 Å². The van der Waals surface area contributed by atoms with Gasteiger partial charge >= 0.3 is 0 Å². The van der Waals surface area contributed by atoms with Crippen LogP contribution in [0.25, 0.3) is 10.8 Å². The molecule has 1 atom stereocenters. The van der Waals surface area contributed by atoms with Crippen LogP contribution in [0.4, 0.5) is 0 Å². The fourth-order valence-corrected chi connectivity index (χ4v) is 3.82. The number of nitrogens with zero attached hydrogens (tertiary/aromatic N) is 1. The second kappa shape index (κ2) is 7.53. The molecule has 5 heteroatoms. The zero-order valence-electron chi connectivity index (χ0n) is 14.1. The molecule has 128 valence electrons. The summed E-state index contributed by atoms with van der Waals surface area (Å²) < 4.78 is 6.43. The monoisotopic (exact) mass is 390 g/mol. The van der Waals surface area contributed by atoms with Gasteiger partial charge in [0.1, 0.15) is 5.75 Å². The highest BCUT2D eigenvalue weighted by Crippen LogP contribution is 2.28. The molecule has 24 heavy (non-hydrogen) atoms. The maximum atomic E-state index is 12.7. The predicted octanol–water partition coefficient (Wildman–Crippen LogP) is 3.83. The molecular weight excluding hydrogens is 368 g/mol. The van der Waals surface area contributed by atoms with Crippen molar-refractivity contribution in [1.82, 2.24) is 10.2 Å². The van der Waals surface area contributed by atoms with E-state index in [0.29, 0.717) is 23.9 Å². The minimum absolute atomic E-state index is 0.0725. The molecule has 2 aromatic carbocycles. The summed E-state index contributed by atoms with van der Waals surface area (Å²) in [6, 6.07) is 10.3. The van der Waals surface area contributed by atoms with Crippen molar-refractivity contribution in [3.63, 3.8) is 0 Å². The van der Waals surface area contributed by atoms with Gasteiger partial charge in [-0.1, -0.05) is 28.9 Å². The number of fused-ring (bicyclic) bond motifs is 1. The van der Waals surface area contributed by atoms with Gasteiger partial charge in [0.05, 0.1) is 12.7 Å². The van der Waals surface area contributed by atoms with Gasteiger partial charge in [-0.05, 0) is 61.0 Å². The first-order valence-corrected chi connectivity index (χ1v) is 9.21. The number of nitrogens with one attached hydrogen (secondary N) is 1. The van der Waals surface area contributed by atoms with Crippen LogP contribution in [0.1, 0.15) is 30.1 Å². The number of likely N-dealkylation sites (N-methyl/N-ethyl adjacent to an activating group) is 1. The van der Waals surface area contributed by atoms with Gasteiger partial charge in [-0.15, -0.1) is 0 Å². The molecule has 0 spiro atoms. The summed E-state index contributed by atoms with van der Waals surface area (Å²) in [5.41, 5.74) is 0.587. The van der Waals surface area contributed by atoms with Crippen LogP contribution in [0, 0.1) is 0 Å². The first-order chi connectivity index (χ1) is 11.6. The molecule has 0 unspecified atom stereocenters. The number of carbonyl (C=O) groups is 1. The van der Waals surface area contributed by atoms with E-state index in [2.05, 4.69) is 33.1 Å². The van der Waals surface area contributed by atoms with Crippen LogP contribution in [0.15, 0.2) is 34.8 Å². The van der Waals surface area contributed by atoms with Gasteiger partial charge in [0.15, 0.2) is 0 Å². The number of amides is 1. The number of likely N-dealkylation sites (tertiary alicyclic amines) is 1. The standard InChI is InChI=1S/C19H23BrN2O2/c1-3-22-8-4-5-16(22)12-21-19(23)17-10-14-9-15(20)7-6-13(14)11-18(17)24-2/h6-7,9-11,16H,3-5,8,12H2,1-2H3,(H,21,23)/t16-/m0/s1. The molecule has 1 saturated heterocycles. The minimum Gasteiger partial charge on any atom is -0.496 e. The quantitative estimate of drug-likeness (QED) is 0.843. The Morgan fingerprint density at radius 1 is 1.33 bits per heavy atom. The molecule has 1 aliphatic heterocycles. The highest BCUT2D eigenvalue weighted by molar-refractivity contribution is 9.10. The number of hydrogen-bond acceptors (Lipinski definition) is 3. The van der Waals surface area contributed by atoms with E-state index in [4.69, 9.17) is 4.74 Å². The third-order valence-electron chi connectivity index (χ3n) is 4.77. The van der Waals surface area contributed by atoms with Crippen molar-refractivity contribution in [3.05, 3.63) is 40.4 Å². The molecule has 1 fully saturated rings. The Morgan fingerprint density at radius 2 is 2.17 bits per heavy atom. The molecule has 1 heterocycles. The van der Waals surface area contributed by atoms with E-state index in [1.54, 1.807) is 7.11 Å². The molecular formula is C19H23BrN2O2. The lowest BCUT2D eigenvalue weighted by Gasteiger charge is -2.23. The van der Waals surface area contributed by atoms with Gasteiger partial charge in [0.25, 0.3) is 5.91 Å². The third kappa shape index (κ3) is 3.57. The van der Waals surface area contributed by atoms with Crippen LogP contribution in [-0.4, -0.2) is 43.6 Å². The fourth-order valence-electron chi connectivity index (χ4n) is 3.44. The van der Waals surface area contributed by atoms with Gasteiger partial charge in [0.2, 0.25) is 0 Å². The van der Waals surface area contributed by atoms with Gasteiger partial charge in [0, 0.05) is 17.1 Å². The van der Waals surface area contributed by atoms with Crippen molar-refractivity contribution in [3.8, 4) is 5.75 Å². The Hall–Kier alpha value is -1.59.